The van der Waals surface area contributed by atoms with Gasteiger partial charge in [-0.1, -0.05) is 0 Å². The van der Waals surface area contributed by atoms with Crippen LogP contribution in [0.1, 0.15) is 66.4 Å². The van der Waals surface area contributed by atoms with Crippen LogP contribution in [0.3, 0.4) is 0 Å². The maximum absolute atomic E-state index is 12.7. The monoisotopic (exact) mass is 409 g/mol. The van der Waals surface area contributed by atoms with Crippen LogP contribution in [0.25, 0.3) is 11.0 Å². The average Bonchev–Trinajstić information content (AvgIpc) is 3.41. The smallest absolute Gasteiger partial charge is 0.341 e. The van der Waals surface area contributed by atoms with Gasteiger partial charge >= 0.3 is 5.97 Å². The molecule has 2 aliphatic rings. The molecule has 3 aromatic heterocycles. The SMILES string of the molecule is CCOC(=O)c1cnc2c(c(C)nn2C)c1N1CCC(c2nncn2C2CC2)CC1. The Morgan fingerprint density at radius 2 is 2.00 bits per heavy atom. The largest absolute Gasteiger partial charge is 0.462 e. The molecule has 9 nitrogen and oxygen atoms in total. The molecule has 4 heterocycles. The van der Waals surface area contributed by atoms with E-state index in [9.17, 15) is 4.79 Å². The van der Waals surface area contributed by atoms with Crippen LogP contribution in [0.2, 0.25) is 0 Å². The predicted octanol–water partition coefficient (Wildman–Crippen LogP) is 2.76. The standard InChI is InChI=1S/C21H27N7O2/c1-4-30-21(29)16-11-22-20-17(13(2)25-26(20)3)18(16)27-9-7-14(8-10-27)19-24-23-12-28(19)15-5-6-15/h11-12,14-15H,4-10H2,1-3H3. The summed E-state index contributed by atoms with van der Waals surface area (Å²) in [5.41, 5.74) is 3.06. The van der Waals surface area contributed by atoms with Crippen LogP contribution in [-0.4, -0.2) is 55.2 Å². The zero-order valence-electron chi connectivity index (χ0n) is 17.7. The van der Waals surface area contributed by atoms with E-state index in [-0.39, 0.29) is 5.97 Å². The van der Waals surface area contributed by atoms with E-state index >= 15 is 0 Å². The Morgan fingerprint density at radius 3 is 2.70 bits per heavy atom. The van der Waals surface area contributed by atoms with Gasteiger partial charge in [0.25, 0.3) is 0 Å². The summed E-state index contributed by atoms with van der Waals surface area (Å²) in [7, 11) is 1.88. The molecular weight excluding hydrogens is 382 g/mol. The number of fused-ring (bicyclic) bond motifs is 1. The van der Waals surface area contributed by atoms with Crippen LogP contribution in [0.5, 0.6) is 0 Å². The Bertz CT molecular complexity index is 1090. The van der Waals surface area contributed by atoms with Crippen molar-refractivity contribution in [2.75, 3.05) is 24.6 Å². The molecule has 5 rings (SSSR count). The second kappa shape index (κ2) is 7.37. The summed E-state index contributed by atoms with van der Waals surface area (Å²) in [5.74, 6) is 1.17. The lowest BCUT2D eigenvalue weighted by Crippen LogP contribution is -2.35. The van der Waals surface area contributed by atoms with Gasteiger partial charge in [0.2, 0.25) is 0 Å². The number of nitrogens with zero attached hydrogens (tertiary/aromatic N) is 7. The number of hydrogen-bond acceptors (Lipinski definition) is 7. The third kappa shape index (κ3) is 3.12. The lowest BCUT2D eigenvalue weighted by molar-refractivity contribution is 0.0526. The third-order valence-corrected chi connectivity index (χ3v) is 6.21. The first-order chi connectivity index (χ1) is 14.6. The zero-order valence-corrected chi connectivity index (χ0v) is 17.7. The van der Waals surface area contributed by atoms with Crippen molar-refractivity contribution in [2.24, 2.45) is 7.05 Å². The van der Waals surface area contributed by atoms with E-state index in [0.717, 1.165) is 54.2 Å². The number of anilines is 1. The average molecular weight is 409 g/mol. The summed E-state index contributed by atoms with van der Waals surface area (Å²) >= 11 is 0. The topological polar surface area (TPSA) is 91.0 Å². The number of aryl methyl sites for hydroxylation is 2. The number of carbonyl (C=O) groups is 1. The van der Waals surface area contributed by atoms with E-state index < -0.39 is 0 Å². The highest BCUT2D eigenvalue weighted by Crippen LogP contribution is 2.40. The molecule has 1 aliphatic heterocycles. The van der Waals surface area contributed by atoms with Gasteiger partial charge in [0.1, 0.15) is 17.7 Å². The molecule has 1 saturated heterocycles. The van der Waals surface area contributed by atoms with Gasteiger partial charge in [-0.25, -0.2) is 9.78 Å². The highest BCUT2D eigenvalue weighted by atomic mass is 16.5. The summed E-state index contributed by atoms with van der Waals surface area (Å²) in [6, 6.07) is 0.585. The van der Waals surface area contributed by atoms with E-state index in [1.807, 2.05) is 27.2 Å². The maximum Gasteiger partial charge on any atom is 0.341 e. The molecule has 0 radical (unpaired) electrons. The van der Waals surface area contributed by atoms with Crippen LogP contribution in [-0.2, 0) is 11.8 Å². The molecular formula is C21H27N7O2. The maximum atomic E-state index is 12.7. The lowest BCUT2D eigenvalue weighted by atomic mass is 9.94. The van der Waals surface area contributed by atoms with Crippen LogP contribution >= 0.6 is 0 Å². The molecule has 0 unspecified atom stereocenters. The molecule has 158 valence electrons. The van der Waals surface area contributed by atoms with Crippen LogP contribution in [0.15, 0.2) is 12.5 Å². The van der Waals surface area contributed by atoms with E-state index in [4.69, 9.17) is 4.74 Å². The molecule has 0 bridgehead atoms. The van der Waals surface area contributed by atoms with E-state index in [1.54, 1.807) is 10.9 Å². The fourth-order valence-electron chi connectivity index (χ4n) is 4.62. The Kier molecular flexibility index (Phi) is 4.67. The van der Waals surface area contributed by atoms with Crippen LogP contribution in [0, 0.1) is 6.92 Å². The van der Waals surface area contributed by atoms with Crippen molar-refractivity contribution in [1.82, 2.24) is 29.5 Å². The zero-order chi connectivity index (χ0) is 20.8. The molecule has 1 aliphatic carbocycles. The molecule has 9 heteroatoms. The molecule has 0 spiro atoms. The molecule has 0 aromatic carbocycles. The highest BCUT2D eigenvalue weighted by molar-refractivity contribution is 6.05. The third-order valence-electron chi connectivity index (χ3n) is 6.21. The quantitative estimate of drug-likeness (QED) is 0.599. The van der Waals surface area contributed by atoms with Gasteiger partial charge < -0.3 is 14.2 Å². The van der Waals surface area contributed by atoms with E-state index in [2.05, 4.69) is 29.7 Å². The van der Waals surface area contributed by atoms with Gasteiger partial charge in [-0.3, -0.25) is 4.68 Å². The normalized spacial score (nSPS) is 17.6. The number of carbonyl (C=O) groups excluding carboxylic acids is 1. The van der Waals surface area contributed by atoms with Crippen molar-refractivity contribution in [1.29, 1.82) is 0 Å². The lowest BCUT2D eigenvalue weighted by Gasteiger charge is -2.34. The van der Waals surface area contributed by atoms with Gasteiger partial charge in [-0.05, 0) is 39.5 Å². The number of ether oxygens (including phenoxy) is 1. The van der Waals surface area contributed by atoms with Gasteiger partial charge in [-0.15, -0.1) is 10.2 Å². The first kappa shape index (κ1) is 19.0. The summed E-state index contributed by atoms with van der Waals surface area (Å²) in [4.78, 5) is 19.5. The number of hydrogen-bond donors (Lipinski definition) is 0. The summed E-state index contributed by atoms with van der Waals surface area (Å²) < 4.78 is 9.37. The van der Waals surface area contributed by atoms with Crippen LogP contribution < -0.4 is 4.90 Å². The molecule has 2 fully saturated rings. The van der Waals surface area contributed by atoms with Crippen molar-refractivity contribution in [3.05, 3.63) is 29.6 Å². The molecule has 0 N–H and O–H groups in total. The first-order valence-electron chi connectivity index (χ1n) is 10.7. The summed E-state index contributed by atoms with van der Waals surface area (Å²) in [6.45, 7) is 5.79. The first-order valence-corrected chi connectivity index (χ1v) is 10.7. The second-order valence-electron chi connectivity index (χ2n) is 8.24. The second-order valence-corrected chi connectivity index (χ2v) is 8.24. The van der Waals surface area contributed by atoms with E-state index in [1.165, 1.54) is 12.8 Å². The van der Waals surface area contributed by atoms with Gasteiger partial charge in [-0.2, -0.15) is 5.10 Å². The van der Waals surface area contributed by atoms with Crippen molar-refractivity contribution < 1.29 is 9.53 Å². The molecule has 0 amide bonds. The molecule has 30 heavy (non-hydrogen) atoms. The number of rotatable bonds is 5. The van der Waals surface area contributed by atoms with Crippen molar-refractivity contribution in [2.45, 2.75) is 51.5 Å². The Labute approximate surface area is 175 Å². The van der Waals surface area contributed by atoms with Gasteiger partial charge in [0.05, 0.1) is 23.4 Å². The fourth-order valence-corrected chi connectivity index (χ4v) is 4.62. The fraction of sp³-hybridized carbons (Fsp3) is 0.571. The highest BCUT2D eigenvalue weighted by Gasteiger charge is 2.33. The Morgan fingerprint density at radius 1 is 1.23 bits per heavy atom. The van der Waals surface area contributed by atoms with Crippen molar-refractivity contribution >= 4 is 22.7 Å². The summed E-state index contributed by atoms with van der Waals surface area (Å²) in [5, 5.41) is 14.1. The van der Waals surface area contributed by atoms with Crippen molar-refractivity contribution in [3.63, 3.8) is 0 Å². The van der Waals surface area contributed by atoms with Crippen LogP contribution in [0.4, 0.5) is 5.69 Å². The number of aromatic nitrogens is 6. The minimum atomic E-state index is -0.333. The minimum Gasteiger partial charge on any atom is -0.462 e. The van der Waals surface area contributed by atoms with Gasteiger partial charge in [0, 0.05) is 38.3 Å². The number of esters is 1. The summed E-state index contributed by atoms with van der Waals surface area (Å²) in [6.07, 6.45) is 7.90. The number of piperidine rings is 1. The Balaban J connectivity index is 1.47. The van der Waals surface area contributed by atoms with Crippen molar-refractivity contribution in [3.8, 4) is 0 Å². The molecule has 3 aromatic rings. The molecule has 1 saturated carbocycles. The van der Waals surface area contributed by atoms with Gasteiger partial charge in [0.15, 0.2) is 5.65 Å². The number of pyridine rings is 1. The molecule has 0 atom stereocenters. The Hall–Kier alpha value is -2.97. The minimum absolute atomic E-state index is 0.333. The van der Waals surface area contributed by atoms with E-state index in [0.29, 0.717) is 24.1 Å². The predicted molar refractivity (Wildman–Crippen MR) is 112 cm³/mol.